The minimum Gasteiger partial charge on any atom is -0.366 e. The van der Waals surface area contributed by atoms with Gasteiger partial charge in [0.05, 0.1) is 10.6 Å². The largest absolute Gasteiger partial charge is 0.417 e. The Bertz CT molecular complexity index is 933. The molecule has 0 saturated carbocycles. The van der Waals surface area contributed by atoms with Gasteiger partial charge in [-0.15, -0.1) is 0 Å². The van der Waals surface area contributed by atoms with Crippen molar-refractivity contribution in [1.29, 1.82) is 0 Å². The van der Waals surface area contributed by atoms with E-state index in [1.165, 1.54) is 12.1 Å². The summed E-state index contributed by atoms with van der Waals surface area (Å²) in [6.45, 7) is 1.83. The van der Waals surface area contributed by atoms with Gasteiger partial charge in [0.25, 0.3) is 0 Å². The minimum atomic E-state index is -4.57. The molecule has 1 unspecified atom stereocenters. The van der Waals surface area contributed by atoms with Crippen molar-refractivity contribution < 1.29 is 13.2 Å². The Kier molecular flexibility index (Phi) is 7.39. The number of anilines is 4. The molecule has 0 radical (unpaired) electrons. The zero-order valence-corrected chi connectivity index (χ0v) is 18.5. The summed E-state index contributed by atoms with van der Waals surface area (Å²) < 4.78 is 39.2. The Labute approximate surface area is 188 Å². The van der Waals surface area contributed by atoms with Crippen LogP contribution in [0.25, 0.3) is 0 Å². The van der Waals surface area contributed by atoms with Crippen LogP contribution in [0.2, 0.25) is 5.02 Å². The molecule has 0 spiro atoms. The van der Waals surface area contributed by atoms with Crippen molar-refractivity contribution in [3.63, 3.8) is 0 Å². The molecule has 168 valence electrons. The van der Waals surface area contributed by atoms with Crippen LogP contribution in [0, 0.1) is 0 Å². The first-order valence-electron chi connectivity index (χ1n) is 9.60. The lowest BCUT2D eigenvalue weighted by Crippen LogP contribution is -2.38. The highest BCUT2D eigenvalue weighted by molar-refractivity contribution is 7.80. The van der Waals surface area contributed by atoms with Crippen molar-refractivity contribution >= 4 is 52.2 Å². The molecule has 1 atom stereocenters. The number of aromatic nitrogens is 2. The molecule has 0 amide bonds. The van der Waals surface area contributed by atoms with Crippen LogP contribution in [0.15, 0.2) is 24.3 Å². The van der Waals surface area contributed by atoms with Gasteiger partial charge in [-0.25, -0.2) is 0 Å². The number of rotatable bonds is 5. The molecule has 0 bridgehead atoms. The van der Waals surface area contributed by atoms with Crippen LogP contribution in [0.1, 0.15) is 18.4 Å². The molecule has 2 heterocycles. The van der Waals surface area contributed by atoms with Gasteiger partial charge >= 0.3 is 6.18 Å². The molecule has 7 nitrogen and oxygen atoms in total. The molecule has 1 aliphatic heterocycles. The standard InChI is InChI=1S/C19H23ClF3N7S/c1-30(2)16-9-15(25-12-4-3-7-24-10-12)27-17(28-16)29-18(31)26-11-5-6-14(20)13(8-11)19(21,22)23/h5-6,8-9,12,24H,3-4,7,10H2,1-2H3,(H3,25,26,27,28,29,31). The third kappa shape index (κ3) is 6.55. The molecular formula is C19H23ClF3N7S. The van der Waals surface area contributed by atoms with Crippen molar-refractivity contribution in [2.24, 2.45) is 0 Å². The number of benzene rings is 1. The highest BCUT2D eigenvalue weighted by Crippen LogP contribution is 2.36. The number of hydrogen-bond donors (Lipinski definition) is 4. The minimum absolute atomic E-state index is 0.0524. The first-order valence-corrected chi connectivity index (χ1v) is 10.4. The van der Waals surface area contributed by atoms with Crippen molar-refractivity contribution in [3.8, 4) is 0 Å². The van der Waals surface area contributed by atoms with Crippen LogP contribution < -0.4 is 26.2 Å². The number of thiocarbonyl (C=S) groups is 1. The molecular weight excluding hydrogens is 451 g/mol. The van der Waals surface area contributed by atoms with Crippen molar-refractivity contribution in [2.75, 3.05) is 48.0 Å². The monoisotopic (exact) mass is 473 g/mol. The zero-order chi connectivity index (χ0) is 22.6. The summed E-state index contributed by atoms with van der Waals surface area (Å²) >= 11 is 10.9. The third-order valence-corrected chi connectivity index (χ3v) is 5.11. The van der Waals surface area contributed by atoms with Crippen LogP contribution >= 0.6 is 23.8 Å². The summed E-state index contributed by atoms with van der Waals surface area (Å²) in [7, 11) is 3.70. The van der Waals surface area contributed by atoms with Gasteiger partial charge in [0, 0.05) is 38.4 Å². The lowest BCUT2D eigenvalue weighted by molar-refractivity contribution is -0.137. The Morgan fingerprint density at radius 2 is 2.00 bits per heavy atom. The molecule has 1 aromatic carbocycles. The fourth-order valence-electron chi connectivity index (χ4n) is 3.06. The van der Waals surface area contributed by atoms with Crippen LogP contribution in [0.3, 0.4) is 0 Å². The number of piperidine rings is 1. The molecule has 1 aliphatic rings. The predicted molar refractivity (Wildman–Crippen MR) is 122 cm³/mol. The summed E-state index contributed by atoms with van der Waals surface area (Å²) in [5.41, 5.74) is -0.801. The van der Waals surface area contributed by atoms with E-state index >= 15 is 0 Å². The summed E-state index contributed by atoms with van der Waals surface area (Å²) in [6.07, 6.45) is -2.47. The SMILES string of the molecule is CN(C)c1cc(NC2CCCNC2)nc(NC(=S)Nc2ccc(Cl)c(C(F)(F)F)c2)n1. The lowest BCUT2D eigenvalue weighted by atomic mass is 10.1. The molecule has 12 heteroatoms. The smallest absolute Gasteiger partial charge is 0.366 e. The summed E-state index contributed by atoms with van der Waals surface area (Å²) in [5.74, 6) is 1.50. The highest BCUT2D eigenvalue weighted by Gasteiger charge is 2.33. The van der Waals surface area contributed by atoms with Crippen molar-refractivity contribution in [3.05, 3.63) is 34.9 Å². The molecule has 0 aliphatic carbocycles. The summed E-state index contributed by atoms with van der Waals surface area (Å²) in [6, 6.07) is 5.54. The molecule has 31 heavy (non-hydrogen) atoms. The topological polar surface area (TPSA) is 77.1 Å². The molecule has 2 aromatic rings. The van der Waals surface area contributed by atoms with Gasteiger partial charge in [0.1, 0.15) is 11.6 Å². The van der Waals surface area contributed by atoms with Gasteiger partial charge in [0.2, 0.25) is 5.95 Å². The van der Waals surface area contributed by atoms with E-state index in [1.807, 2.05) is 25.1 Å². The Balaban J connectivity index is 1.74. The van der Waals surface area contributed by atoms with Crippen molar-refractivity contribution in [1.82, 2.24) is 15.3 Å². The Morgan fingerprint density at radius 1 is 1.23 bits per heavy atom. The summed E-state index contributed by atoms with van der Waals surface area (Å²) in [5, 5.41) is 11.9. The van der Waals surface area contributed by atoms with Gasteiger partial charge in [-0.2, -0.15) is 23.1 Å². The first-order chi connectivity index (χ1) is 14.6. The number of hydrogen-bond acceptors (Lipinski definition) is 6. The Hall–Kier alpha value is -2.37. The van der Waals surface area contributed by atoms with Crippen LogP contribution in [-0.2, 0) is 6.18 Å². The second kappa shape index (κ2) is 9.84. The Morgan fingerprint density at radius 3 is 2.65 bits per heavy atom. The molecule has 3 rings (SSSR count). The average Bonchev–Trinajstić information content (AvgIpc) is 2.69. The van der Waals surface area contributed by atoms with E-state index in [4.69, 9.17) is 23.8 Å². The maximum Gasteiger partial charge on any atom is 0.417 e. The maximum absolute atomic E-state index is 13.1. The number of halogens is 4. The molecule has 4 N–H and O–H groups in total. The van der Waals surface area contributed by atoms with E-state index in [0.717, 1.165) is 32.0 Å². The second-order valence-electron chi connectivity index (χ2n) is 7.29. The summed E-state index contributed by atoms with van der Waals surface area (Å²) in [4.78, 5) is 10.7. The number of alkyl halides is 3. The normalized spacial score (nSPS) is 16.5. The van der Waals surface area contributed by atoms with Gasteiger partial charge in [-0.1, -0.05) is 11.6 Å². The van der Waals surface area contributed by atoms with Crippen molar-refractivity contribution in [2.45, 2.75) is 25.1 Å². The van der Waals surface area contributed by atoms with Gasteiger partial charge < -0.3 is 26.2 Å². The zero-order valence-electron chi connectivity index (χ0n) is 17.0. The molecule has 1 saturated heterocycles. The van der Waals surface area contributed by atoms with Gasteiger partial charge in [0.15, 0.2) is 5.11 Å². The number of nitrogens with zero attached hydrogens (tertiary/aromatic N) is 3. The van der Waals surface area contributed by atoms with E-state index < -0.39 is 11.7 Å². The van der Waals surface area contributed by atoms with E-state index in [1.54, 1.807) is 0 Å². The first kappa shape index (κ1) is 23.3. The quantitative estimate of drug-likeness (QED) is 0.482. The van der Waals surface area contributed by atoms with E-state index in [2.05, 4.69) is 31.2 Å². The fourth-order valence-corrected chi connectivity index (χ4v) is 3.50. The van der Waals surface area contributed by atoms with Crippen LogP contribution in [0.5, 0.6) is 0 Å². The van der Waals surface area contributed by atoms with Gasteiger partial charge in [-0.05, 0) is 49.8 Å². The van der Waals surface area contributed by atoms with Crippen LogP contribution in [0.4, 0.5) is 36.4 Å². The predicted octanol–water partition coefficient (Wildman–Crippen LogP) is 4.19. The van der Waals surface area contributed by atoms with E-state index in [0.29, 0.717) is 11.6 Å². The second-order valence-corrected chi connectivity index (χ2v) is 8.10. The number of nitrogens with one attached hydrogen (secondary N) is 4. The maximum atomic E-state index is 13.1. The highest BCUT2D eigenvalue weighted by atomic mass is 35.5. The lowest BCUT2D eigenvalue weighted by Gasteiger charge is -2.25. The van der Waals surface area contributed by atoms with E-state index in [9.17, 15) is 13.2 Å². The van der Waals surface area contributed by atoms with Crippen LogP contribution in [-0.4, -0.2) is 48.3 Å². The third-order valence-electron chi connectivity index (χ3n) is 4.57. The van der Waals surface area contributed by atoms with Gasteiger partial charge in [-0.3, -0.25) is 0 Å². The fraction of sp³-hybridized carbons (Fsp3) is 0.421. The molecule has 1 aromatic heterocycles. The molecule has 1 fully saturated rings. The average molecular weight is 474 g/mol. The van der Waals surface area contributed by atoms with E-state index in [-0.39, 0.29) is 27.8 Å².